The SMILES string of the molecule is Cc1cc(C)c(-c2cc(C(=O)O)c(N)s2)c(C)c1. The van der Waals surface area contributed by atoms with Gasteiger partial charge in [0, 0.05) is 4.88 Å². The Morgan fingerprint density at radius 2 is 1.72 bits per heavy atom. The van der Waals surface area contributed by atoms with Crippen LogP contribution in [0.3, 0.4) is 0 Å². The molecule has 1 aromatic carbocycles. The van der Waals surface area contributed by atoms with Crippen LogP contribution in [0, 0.1) is 20.8 Å². The van der Waals surface area contributed by atoms with Crippen LogP contribution < -0.4 is 5.73 Å². The maximum Gasteiger partial charge on any atom is 0.338 e. The molecule has 18 heavy (non-hydrogen) atoms. The van der Waals surface area contributed by atoms with Crippen LogP contribution in [0.2, 0.25) is 0 Å². The number of aryl methyl sites for hydroxylation is 3. The molecule has 0 radical (unpaired) electrons. The number of rotatable bonds is 2. The molecule has 0 unspecified atom stereocenters. The normalized spacial score (nSPS) is 10.6. The van der Waals surface area contributed by atoms with Crippen molar-refractivity contribution in [2.45, 2.75) is 20.8 Å². The lowest BCUT2D eigenvalue weighted by molar-refractivity contribution is 0.0698. The van der Waals surface area contributed by atoms with Crippen LogP contribution in [0.5, 0.6) is 0 Å². The highest BCUT2D eigenvalue weighted by molar-refractivity contribution is 7.19. The first kappa shape index (κ1) is 12.6. The largest absolute Gasteiger partial charge is 0.478 e. The molecule has 0 spiro atoms. The van der Waals surface area contributed by atoms with Gasteiger partial charge in [0.15, 0.2) is 0 Å². The van der Waals surface area contributed by atoms with Crippen LogP contribution >= 0.6 is 11.3 Å². The number of nitrogens with two attached hydrogens (primary N) is 1. The van der Waals surface area contributed by atoms with Crippen molar-refractivity contribution in [2.75, 3.05) is 5.73 Å². The van der Waals surface area contributed by atoms with Gasteiger partial charge in [0.2, 0.25) is 0 Å². The molecule has 94 valence electrons. The summed E-state index contributed by atoms with van der Waals surface area (Å²) in [6.07, 6.45) is 0. The number of benzene rings is 1. The Bertz CT molecular complexity index is 606. The molecule has 0 atom stereocenters. The van der Waals surface area contributed by atoms with E-state index in [4.69, 9.17) is 10.8 Å². The number of anilines is 1. The summed E-state index contributed by atoms with van der Waals surface area (Å²) in [5, 5.41) is 9.39. The summed E-state index contributed by atoms with van der Waals surface area (Å²) in [7, 11) is 0. The van der Waals surface area contributed by atoms with Crippen LogP contribution in [-0.4, -0.2) is 11.1 Å². The smallest absolute Gasteiger partial charge is 0.338 e. The molecule has 1 heterocycles. The first-order valence-electron chi connectivity index (χ1n) is 5.61. The van der Waals surface area contributed by atoms with Gasteiger partial charge in [-0.15, -0.1) is 11.3 Å². The molecule has 1 aromatic heterocycles. The predicted octanol–water partition coefficient (Wildman–Crippen LogP) is 3.62. The van der Waals surface area contributed by atoms with Gasteiger partial charge in [-0.2, -0.15) is 0 Å². The molecule has 0 amide bonds. The van der Waals surface area contributed by atoms with E-state index in [9.17, 15) is 4.79 Å². The third kappa shape index (κ3) is 2.11. The fraction of sp³-hybridized carbons (Fsp3) is 0.214. The molecule has 0 aliphatic rings. The van der Waals surface area contributed by atoms with E-state index in [1.165, 1.54) is 16.9 Å². The zero-order valence-electron chi connectivity index (χ0n) is 10.6. The number of carboxylic acid groups (broad SMARTS) is 1. The summed E-state index contributed by atoms with van der Waals surface area (Å²) in [6.45, 7) is 6.12. The Labute approximate surface area is 110 Å². The third-order valence-electron chi connectivity index (χ3n) is 2.91. The highest BCUT2D eigenvalue weighted by Crippen LogP contribution is 2.37. The van der Waals surface area contributed by atoms with Crippen molar-refractivity contribution in [1.29, 1.82) is 0 Å². The minimum absolute atomic E-state index is 0.189. The van der Waals surface area contributed by atoms with Crippen molar-refractivity contribution in [2.24, 2.45) is 0 Å². The first-order chi connectivity index (χ1) is 8.40. The van der Waals surface area contributed by atoms with E-state index in [1.54, 1.807) is 6.07 Å². The number of carboxylic acids is 1. The lowest BCUT2D eigenvalue weighted by Gasteiger charge is -2.09. The van der Waals surface area contributed by atoms with Crippen LogP contribution in [-0.2, 0) is 0 Å². The van der Waals surface area contributed by atoms with Gasteiger partial charge < -0.3 is 10.8 Å². The predicted molar refractivity (Wildman–Crippen MR) is 75.3 cm³/mol. The van der Waals surface area contributed by atoms with Gasteiger partial charge >= 0.3 is 5.97 Å². The molecular weight excluding hydrogens is 246 g/mol. The van der Waals surface area contributed by atoms with Gasteiger partial charge in [-0.25, -0.2) is 4.79 Å². The van der Waals surface area contributed by atoms with E-state index < -0.39 is 5.97 Å². The van der Waals surface area contributed by atoms with Crippen molar-refractivity contribution in [1.82, 2.24) is 0 Å². The lowest BCUT2D eigenvalue weighted by Crippen LogP contribution is -1.97. The highest BCUT2D eigenvalue weighted by atomic mass is 32.1. The van der Waals surface area contributed by atoms with Crippen molar-refractivity contribution >= 4 is 22.3 Å². The number of hydrogen-bond acceptors (Lipinski definition) is 3. The molecule has 0 bridgehead atoms. The summed E-state index contributed by atoms with van der Waals surface area (Å²) >= 11 is 1.33. The van der Waals surface area contributed by atoms with Crippen LogP contribution in [0.1, 0.15) is 27.0 Å². The number of carbonyl (C=O) groups is 1. The molecule has 2 aromatic rings. The summed E-state index contributed by atoms with van der Waals surface area (Å²) in [5.41, 5.74) is 10.5. The van der Waals surface area contributed by atoms with Crippen molar-refractivity contribution in [3.63, 3.8) is 0 Å². The van der Waals surface area contributed by atoms with Gasteiger partial charge in [0.1, 0.15) is 5.00 Å². The second kappa shape index (κ2) is 4.46. The van der Waals surface area contributed by atoms with E-state index in [0.717, 1.165) is 21.6 Å². The Kier molecular flexibility index (Phi) is 3.13. The fourth-order valence-electron chi connectivity index (χ4n) is 2.26. The molecule has 0 fully saturated rings. The number of nitrogen functional groups attached to an aromatic ring is 1. The minimum Gasteiger partial charge on any atom is -0.478 e. The van der Waals surface area contributed by atoms with Crippen LogP contribution in [0.25, 0.3) is 10.4 Å². The second-order valence-corrected chi connectivity index (χ2v) is 5.55. The fourth-order valence-corrected chi connectivity index (χ4v) is 3.36. The molecular formula is C14H15NO2S. The Hall–Kier alpha value is -1.81. The average Bonchev–Trinajstić information content (AvgIpc) is 2.58. The summed E-state index contributed by atoms with van der Waals surface area (Å²) in [5.74, 6) is -0.975. The zero-order chi connectivity index (χ0) is 13.4. The number of thiophene rings is 1. The molecule has 0 saturated carbocycles. The van der Waals surface area contributed by atoms with E-state index >= 15 is 0 Å². The summed E-state index contributed by atoms with van der Waals surface area (Å²) < 4.78 is 0. The van der Waals surface area contributed by atoms with Crippen molar-refractivity contribution in [3.8, 4) is 10.4 Å². The molecule has 3 N–H and O–H groups in total. The first-order valence-corrected chi connectivity index (χ1v) is 6.42. The minimum atomic E-state index is -0.975. The topological polar surface area (TPSA) is 63.3 Å². The molecule has 0 saturated heterocycles. The third-order valence-corrected chi connectivity index (χ3v) is 3.90. The van der Waals surface area contributed by atoms with Gasteiger partial charge in [0.25, 0.3) is 0 Å². The average molecular weight is 261 g/mol. The maximum absolute atomic E-state index is 11.0. The monoisotopic (exact) mass is 261 g/mol. The Morgan fingerprint density at radius 1 is 1.17 bits per heavy atom. The molecule has 0 aliphatic carbocycles. The highest BCUT2D eigenvalue weighted by Gasteiger charge is 2.16. The quantitative estimate of drug-likeness (QED) is 0.867. The van der Waals surface area contributed by atoms with Crippen LogP contribution in [0.15, 0.2) is 18.2 Å². The molecule has 0 aliphatic heterocycles. The zero-order valence-corrected chi connectivity index (χ0v) is 11.4. The van der Waals surface area contributed by atoms with Crippen molar-refractivity contribution < 1.29 is 9.90 Å². The van der Waals surface area contributed by atoms with E-state index in [-0.39, 0.29) is 5.56 Å². The number of aromatic carboxylic acids is 1. The van der Waals surface area contributed by atoms with Crippen LogP contribution in [0.4, 0.5) is 5.00 Å². The summed E-state index contributed by atoms with van der Waals surface area (Å²) in [4.78, 5) is 11.9. The van der Waals surface area contributed by atoms with E-state index in [0.29, 0.717) is 5.00 Å². The standard InChI is InChI=1S/C14H15NO2S/c1-7-4-8(2)12(9(3)5-7)11-6-10(14(16)17)13(15)18-11/h4-6H,15H2,1-3H3,(H,16,17). The Morgan fingerprint density at radius 3 is 2.17 bits per heavy atom. The number of hydrogen-bond donors (Lipinski definition) is 2. The van der Waals surface area contributed by atoms with Crippen molar-refractivity contribution in [3.05, 3.63) is 40.5 Å². The second-order valence-electron chi connectivity index (χ2n) is 4.47. The van der Waals surface area contributed by atoms with Gasteiger partial charge in [-0.1, -0.05) is 17.7 Å². The molecule has 4 heteroatoms. The molecule has 2 rings (SSSR count). The van der Waals surface area contributed by atoms with Gasteiger partial charge in [0.05, 0.1) is 5.56 Å². The van der Waals surface area contributed by atoms with Gasteiger partial charge in [-0.3, -0.25) is 0 Å². The lowest BCUT2D eigenvalue weighted by atomic mass is 9.98. The molecule has 3 nitrogen and oxygen atoms in total. The summed E-state index contributed by atoms with van der Waals surface area (Å²) in [6, 6.07) is 5.85. The van der Waals surface area contributed by atoms with E-state index in [2.05, 4.69) is 19.1 Å². The Balaban J connectivity index is 2.63. The maximum atomic E-state index is 11.0. The van der Waals surface area contributed by atoms with Gasteiger partial charge in [-0.05, 0) is 43.5 Å². The van der Waals surface area contributed by atoms with E-state index in [1.807, 2.05) is 13.8 Å².